The van der Waals surface area contributed by atoms with Crippen molar-refractivity contribution in [1.82, 2.24) is 19.1 Å². The van der Waals surface area contributed by atoms with Crippen LogP contribution in [0.3, 0.4) is 0 Å². The van der Waals surface area contributed by atoms with Crippen LogP contribution < -0.4 is 5.46 Å². The first-order valence-electron chi connectivity index (χ1n) is 31.6. The van der Waals surface area contributed by atoms with Crippen molar-refractivity contribution < 1.29 is 9.31 Å². The van der Waals surface area contributed by atoms with Crippen LogP contribution in [-0.4, -0.2) is 37.4 Å². The molecule has 0 amide bonds. The number of pyridine rings is 1. The molecule has 0 unspecified atom stereocenters. The second-order valence-electron chi connectivity index (χ2n) is 24.8. The molecule has 2 aliphatic rings. The van der Waals surface area contributed by atoms with Gasteiger partial charge in [-0.1, -0.05) is 230 Å². The van der Waals surface area contributed by atoms with Crippen LogP contribution in [0.4, 0.5) is 0 Å². The van der Waals surface area contributed by atoms with Gasteiger partial charge in [0.05, 0.1) is 39.0 Å². The molecule has 4 aromatic heterocycles. The zero-order valence-electron chi connectivity index (χ0n) is 52.1. The summed E-state index contributed by atoms with van der Waals surface area (Å²) in [4.78, 5) is 8.07. The van der Waals surface area contributed by atoms with Gasteiger partial charge < -0.3 is 23.4 Å². The van der Waals surface area contributed by atoms with Crippen molar-refractivity contribution in [3.8, 4) is 56.0 Å². The van der Waals surface area contributed by atoms with Gasteiger partial charge in [0.25, 0.3) is 0 Å². The summed E-state index contributed by atoms with van der Waals surface area (Å²) >= 11 is 7.01. The smallest absolute Gasteiger partial charge is 0.399 e. The lowest BCUT2D eigenvalue weighted by Gasteiger charge is -2.32. The number of fused-ring (bicyclic) bond motifs is 12. The fourth-order valence-electron chi connectivity index (χ4n) is 13.2. The number of nitrogens with zero attached hydrogens (tertiary/aromatic N) is 3. The minimum atomic E-state index is -0.353. The molecular weight excluding hydrogens is 1280 g/mol. The first kappa shape index (κ1) is 61.6. The summed E-state index contributed by atoms with van der Waals surface area (Å²) in [5, 5.41) is 7.55. The monoisotopic (exact) mass is 1350 g/mol. The van der Waals surface area contributed by atoms with E-state index < -0.39 is 0 Å². The summed E-state index contributed by atoms with van der Waals surface area (Å²) in [5.41, 5.74) is 22.5. The topological polar surface area (TPSA) is 57.0 Å². The Bertz CT molecular complexity index is 5340. The summed E-state index contributed by atoms with van der Waals surface area (Å²) in [7, 11) is -0.353. The number of rotatable bonds is 6. The van der Waals surface area contributed by atoms with E-state index in [-0.39, 0.29) is 25.7 Å². The van der Waals surface area contributed by atoms with E-state index in [0.717, 1.165) is 37.9 Å². The molecule has 9 heteroatoms. The van der Waals surface area contributed by atoms with E-state index in [1.165, 1.54) is 116 Å². The molecule has 1 aliphatic heterocycles. The standard InChI is InChI=1S/C30H20N2.C24H24BNO2.C17H12BrN.C13H9Br.CH4/c1-2-8-22(9-3-1)32-29-13-7-5-11-24(29)26-19-21(15-17-30(26)32)20-14-16-28-25(18-20)23-10-4-6-12-27(23)31-28;1-23(2)24(3,4)28-25(27-23)17-14-15-22-20(16-17)19-12-8-9-13-21(19)26(22)18-10-6-5-7-11-18;18-17-12-15(13-7-3-1-4-8-13)11-16(19-17)14-9-5-2-6-10-14;14-11-6-5-10-7-9-3-1-2-4-12(9)13(10)8-11;/h1-19,31H;5-16H,1-4H3;1-12H;1-6,8H,7H2;1H4. The van der Waals surface area contributed by atoms with E-state index >= 15 is 0 Å². The highest BCUT2D eigenvalue weighted by atomic mass is 79.9. The number of hydrogen-bond acceptors (Lipinski definition) is 3. The minimum Gasteiger partial charge on any atom is -0.399 e. The zero-order chi connectivity index (χ0) is 63.2. The summed E-state index contributed by atoms with van der Waals surface area (Å²) in [6.07, 6.45) is 1.08. The van der Waals surface area contributed by atoms with E-state index in [4.69, 9.17) is 9.31 Å². The number of halogens is 2. The van der Waals surface area contributed by atoms with E-state index in [1.54, 1.807) is 0 Å². The molecule has 6 nitrogen and oxygen atoms in total. The Labute approximate surface area is 566 Å². The van der Waals surface area contributed by atoms with E-state index in [0.29, 0.717) is 0 Å². The number of hydrogen-bond donors (Lipinski definition) is 1. The Kier molecular flexibility index (Phi) is 17.0. The highest BCUT2D eigenvalue weighted by Crippen LogP contribution is 2.41. The molecule has 1 aliphatic carbocycles. The highest BCUT2D eigenvalue weighted by Gasteiger charge is 2.51. The Morgan fingerprint density at radius 1 is 0.372 bits per heavy atom. The third-order valence-electron chi connectivity index (χ3n) is 18.5. The van der Waals surface area contributed by atoms with Crippen LogP contribution in [0.25, 0.3) is 121 Å². The highest BCUT2D eigenvalue weighted by molar-refractivity contribution is 9.10. The maximum atomic E-state index is 6.27. The summed E-state index contributed by atoms with van der Waals surface area (Å²) in [6.45, 7) is 8.36. The molecule has 0 saturated carbocycles. The summed E-state index contributed by atoms with van der Waals surface area (Å²) in [5.74, 6) is 0. The average molecular weight is 1350 g/mol. The first-order chi connectivity index (χ1) is 45.4. The van der Waals surface area contributed by atoms with Crippen LogP contribution in [0.5, 0.6) is 0 Å². The van der Waals surface area contributed by atoms with Crippen LogP contribution in [-0.2, 0) is 15.7 Å². The Morgan fingerprint density at radius 3 is 1.49 bits per heavy atom. The van der Waals surface area contributed by atoms with Gasteiger partial charge in [-0.2, -0.15) is 0 Å². The van der Waals surface area contributed by atoms with Crippen molar-refractivity contribution in [2.75, 3.05) is 0 Å². The molecule has 5 heterocycles. The molecule has 0 radical (unpaired) electrons. The van der Waals surface area contributed by atoms with Gasteiger partial charge in [-0.05, 0) is 197 Å². The molecule has 1 N–H and O–H groups in total. The maximum Gasteiger partial charge on any atom is 0.494 e. The van der Waals surface area contributed by atoms with Crippen molar-refractivity contribution in [2.45, 2.75) is 52.7 Å². The number of aromatic nitrogens is 4. The van der Waals surface area contributed by atoms with Crippen molar-refractivity contribution in [3.05, 3.63) is 324 Å². The molecular formula is C85H69BBr2N4O2. The minimum absolute atomic E-state index is 0. The van der Waals surface area contributed by atoms with E-state index in [9.17, 15) is 0 Å². The number of benzene rings is 12. The third-order valence-corrected chi connectivity index (χ3v) is 19.4. The van der Waals surface area contributed by atoms with Crippen molar-refractivity contribution >= 4 is 110 Å². The van der Waals surface area contributed by atoms with Gasteiger partial charge in [-0.25, -0.2) is 4.98 Å². The number of nitrogens with one attached hydrogen (secondary N) is 1. The molecule has 12 aromatic carbocycles. The first-order valence-corrected chi connectivity index (χ1v) is 33.2. The third kappa shape index (κ3) is 11.9. The fraction of sp³-hybridized carbons (Fsp3) is 0.0941. The molecule has 1 fully saturated rings. The van der Waals surface area contributed by atoms with Crippen LogP contribution in [0.15, 0.2) is 312 Å². The molecule has 458 valence electrons. The van der Waals surface area contributed by atoms with Crippen molar-refractivity contribution in [3.63, 3.8) is 0 Å². The largest absolute Gasteiger partial charge is 0.494 e. The number of aromatic amines is 1. The molecule has 0 spiro atoms. The van der Waals surface area contributed by atoms with Gasteiger partial charge in [0.15, 0.2) is 0 Å². The fourth-order valence-corrected chi connectivity index (χ4v) is 14.0. The van der Waals surface area contributed by atoms with Gasteiger partial charge in [-0.15, -0.1) is 0 Å². The van der Waals surface area contributed by atoms with Gasteiger partial charge in [0, 0.05) is 64.8 Å². The zero-order valence-corrected chi connectivity index (χ0v) is 55.2. The predicted molar refractivity (Wildman–Crippen MR) is 404 cm³/mol. The maximum absolute atomic E-state index is 6.27. The molecule has 94 heavy (non-hydrogen) atoms. The Morgan fingerprint density at radius 2 is 0.851 bits per heavy atom. The summed E-state index contributed by atoms with van der Waals surface area (Å²) in [6, 6.07) is 107. The van der Waals surface area contributed by atoms with Crippen LogP contribution in [0.1, 0.15) is 46.2 Å². The quantitative estimate of drug-likeness (QED) is 0.133. The van der Waals surface area contributed by atoms with Gasteiger partial charge in [0.1, 0.15) is 4.60 Å². The van der Waals surface area contributed by atoms with E-state index in [2.05, 4.69) is 333 Å². The molecule has 0 atom stereocenters. The number of H-pyrrole nitrogens is 1. The van der Waals surface area contributed by atoms with Gasteiger partial charge >= 0.3 is 7.12 Å². The lowest BCUT2D eigenvalue weighted by Crippen LogP contribution is -2.41. The average Bonchev–Trinajstić information content (AvgIpc) is 1.61. The Hall–Kier alpha value is -9.87. The lowest BCUT2D eigenvalue weighted by atomic mass is 9.78. The van der Waals surface area contributed by atoms with Gasteiger partial charge in [0.2, 0.25) is 0 Å². The molecule has 1 saturated heterocycles. The second kappa shape index (κ2) is 25.9. The lowest BCUT2D eigenvalue weighted by molar-refractivity contribution is 0.00578. The predicted octanol–water partition coefficient (Wildman–Crippen LogP) is 23.0. The van der Waals surface area contributed by atoms with Gasteiger partial charge in [-0.3, -0.25) is 0 Å². The Balaban J connectivity index is 0.000000113. The van der Waals surface area contributed by atoms with Crippen LogP contribution in [0.2, 0.25) is 0 Å². The van der Waals surface area contributed by atoms with Crippen LogP contribution in [0, 0.1) is 0 Å². The van der Waals surface area contributed by atoms with Crippen molar-refractivity contribution in [1.29, 1.82) is 0 Å². The van der Waals surface area contributed by atoms with E-state index in [1.807, 2.05) is 48.5 Å². The van der Waals surface area contributed by atoms with Crippen molar-refractivity contribution in [2.24, 2.45) is 0 Å². The van der Waals surface area contributed by atoms with Crippen LogP contribution >= 0.6 is 31.9 Å². The molecule has 0 bridgehead atoms. The molecule has 18 rings (SSSR count). The SMILES string of the molecule is Brc1cc(-c2ccccc2)cc(-c2ccccc2)n1.Brc1ccc2c(c1)-c1ccccc1C2.C.CC1(C)OB(c2ccc3c(c2)c2ccccc2n3-c2ccccc2)OC1(C)C.c1ccc(-n2c3ccccc3c3cc(-c4ccc5[nH]c6ccccc6c5c4)ccc32)cc1. The second-order valence-corrected chi connectivity index (χ2v) is 26.6. The molecule has 16 aromatic rings. The number of para-hydroxylation sites is 5. The normalized spacial score (nSPS) is 13.4. The summed E-state index contributed by atoms with van der Waals surface area (Å²) < 4.78 is 19.2.